The van der Waals surface area contributed by atoms with Crippen LogP contribution in [0.3, 0.4) is 0 Å². The Kier molecular flexibility index (Phi) is 4.11. The number of aromatic nitrogens is 6. The third kappa shape index (κ3) is 3.08. The van der Waals surface area contributed by atoms with E-state index in [0.717, 1.165) is 19.3 Å². The third-order valence-corrected chi connectivity index (χ3v) is 4.07. The van der Waals surface area contributed by atoms with Gasteiger partial charge in [0.1, 0.15) is 17.4 Å². The van der Waals surface area contributed by atoms with Crippen LogP contribution in [-0.4, -0.2) is 47.4 Å². The van der Waals surface area contributed by atoms with Gasteiger partial charge in [-0.05, 0) is 19.3 Å². The van der Waals surface area contributed by atoms with Gasteiger partial charge in [0.2, 0.25) is 11.7 Å². The Morgan fingerprint density at radius 2 is 1.92 bits per heavy atom. The van der Waals surface area contributed by atoms with Crippen LogP contribution in [0.1, 0.15) is 41.7 Å². The fourth-order valence-corrected chi connectivity index (χ4v) is 2.88. The number of carbonyl (C=O) groups excluding carboxylic acids is 1. The van der Waals surface area contributed by atoms with Crippen LogP contribution in [0.25, 0.3) is 11.5 Å². The number of hydrogen-bond acceptors (Lipinski definition) is 8. The van der Waals surface area contributed by atoms with Gasteiger partial charge in [-0.25, -0.2) is 9.97 Å². The van der Waals surface area contributed by atoms with Crippen molar-refractivity contribution in [1.29, 1.82) is 0 Å². The SMILES string of the molecule is O=C(c1cnccn1)N1CCCC[C@H]1c1nc(-c2cnccn2)no1. The molecule has 4 rings (SSSR count). The topological polar surface area (TPSA) is 111 Å². The molecule has 1 aliphatic heterocycles. The normalized spacial score (nSPS) is 17.4. The van der Waals surface area contributed by atoms with Gasteiger partial charge in [-0.3, -0.25) is 14.8 Å². The van der Waals surface area contributed by atoms with Gasteiger partial charge in [0, 0.05) is 31.3 Å². The first-order chi connectivity index (χ1) is 12.3. The summed E-state index contributed by atoms with van der Waals surface area (Å²) >= 11 is 0. The number of nitrogens with zero attached hydrogens (tertiary/aromatic N) is 7. The van der Waals surface area contributed by atoms with Crippen LogP contribution in [-0.2, 0) is 0 Å². The monoisotopic (exact) mass is 337 g/mol. The standard InChI is InChI=1S/C16H15N7O2/c24-16(12-10-18-5-7-20-12)23-8-2-1-3-13(23)15-21-14(22-25-15)11-9-17-4-6-19-11/h4-7,9-10,13H,1-3,8H2/t13-/m0/s1. The summed E-state index contributed by atoms with van der Waals surface area (Å²) in [6, 6.07) is -0.277. The van der Waals surface area contributed by atoms with Crippen LogP contribution in [0.15, 0.2) is 41.7 Å². The number of piperidine rings is 1. The third-order valence-electron chi connectivity index (χ3n) is 4.07. The van der Waals surface area contributed by atoms with Gasteiger partial charge in [-0.2, -0.15) is 4.98 Å². The summed E-state index contributed by atoms with van der Waals surface area (Å²) in [6.45, 7) is 0.614. The molecule has 0 aliphatic carbocycles. The van der Waals surface area contributed by atoms with Crippen molar-refractivity contribution in [3.63, 3.8) is 0 Å². The van der Waals surface area contributed by atoms with Gasteiger partial charge < -0.3 is 9.42 Å². The molecule has 25 heavy (non-hydrogen) atoms. The molecule has 1 amide bonds. The molecule has 9 heteroatoms. The summed E-state index contributed by atoms with van der Waals surface area (Å²) in [5, 5.41) is 3.97. The van der Waals surface area contributed by atoms with Gasteiger partial charge >= 0.3 is 0 Å². The second-order valence-corrected chi connectivity index (χ2v) is 5.65. The van der Waals surface area contributed by atoms with E-state index in [2.05, 4.69) is 30.1 Å². The van der Waals surface area contributed by atoms with Crippen molar-refractivity contribution < 1.29 is 9.32 Å². The van der Waals surface area contributed by atoms with Crippen molar-refractivity contribution in [3.05, 3.63) is 48.8 Å². The van der Waals surface area contributed by atoms with E-state index in [1.165, 1.54) is 18.6 Å². The van der Waals surface area contributed by atoms with Crippen LogP contribution in [0.4, 0.5) is 0 Å². The molecule has 126 valence electrons. The maximum Gasteiger partial charge on any atom is 0.274 e. The molecule has 9 nitrogen and oxygen atoms in total. The summed E-state index contributed by atoms with van der Waals surface area (Å²) in [5.74, 6) is 0.579. The van der Waals surface area contributed by atoms with Crippen LogP contribution in [0.5, 0.6) is 0 Å². The summed E-state index contributed by atoms with van der Waals surface area (Å²) in [7, 11) is 0. The van der Waals surface area contributed by atoms with Gasteiger partial charge in [0.05, 0.1) is 12.4 Å². The Morgan fingerprint density at radius 1 is 1.08 bits per heavy atom. The van der Waals surface area contributed by atoms with E-state index in [0.29, 0.717) is 29.6 Å². The van der Waals surface area contributed by atoms with E-state index >= 15 is 0 Å². The highest BCUT2D eigenvalue weighted by Gasteiger charge is 2.33. The molecule has 1 aliphatic rings. The van der Waals surface area contributed by atoms with Crippen LogP contribution >= 0.6 is 0 Å². The molecule has 1 saturated heterocycles. The quantitative estimate of drug-likeness (QED) is 0.710. The summed E-state index contributed by atoms with van der Waals surface area (Å²) < 4.78 is 5.42. The highest BCUT2D eigenvalue weighted by atomic mass is 16.5. The minimum atomic E-state index is -0.277. The lowest BCUT2D eigenvalue weighted by molar-refractivity contribution is 0.0555. The molecular weight excluding hydrogens is 322 g/mol. The molecule has 1 fully saturated rings. The van der Waals surface area contributed by atoms with E-state index in [-0.39, 0.29) is 11.9 Å². The molecule has 0 radical (unpaired) electrons. The molecule has 4 heterocycles. The maximum absolute atomic E-state index is 12.8. The van der Waals surface area contributed by atoms with E-state index in [1.54, 1.807) is 23.5 Å². The molecule has 0 unspecified atom stereocenters. The Morgan fingerprint density at radius 3 is 2.68 bits per heavy atom. The second-order valence-electron chi connectivity index (χ2n) is 5.65. The summed E-state index contributed by atoms with van der Waals surface area (Å²) in [6.07, 6.45) is 11.9. The molecule has 1 atom stereocenters. The largest absolute Gasteiger partial charge is 0.337 e. The highest BCUT2D eigenvalue weighted by Crippen LogP contribution is 2.31. The van der Waals surface area contributed by atoms with Crippen LogP contribution in [0, 0.1) is 0 Å². The van der Waals surface area contributed by atoms with Crippen LogP contribution < -0.4 is 0 Å². The Labute approximate surface area is 143 Å². The predicted octanol–water partition coefficient (Wildman–Crippen LogP) is 1.68. The summed E-state index contributed by atoms with van der Waals surface area (Å²) in [4.78, 5) is 35.1. The average Bonchev–Trinajstić information content (AvgIpc) is 3.19. The molecule has 0 bridgehead atoms. The number of carbonyl (C=O) groups is 1. The molecule has 0 saturated carbocycles. The Balaban J connectivity index is 1.62. The van der Waals surface area contributed by atoms with Crippen molar-refractivity contribution >= 4 is 5.91 Å². The zero-order valence-corrected chi connectivity index (χ0v) is 13.3. The summed E-state index contributed by atoms with van der Waals surface area (Å²) in [5.41, 5.74) is 0.836. The Bertz CT molecular complexity index is 853. The van der Waals surface area contributed by atoms with E-state index in [9.17, 15) is 4.79 Å². The number of amides is 1. The Hall–Kier alpha value is -3.23. The molecular formula is C16H15N7O2. The lowest BCUT2D eigenvalue weighted by atomic mass is 10.0. The van der Waals surface area contributed by atoms with Gasteiger partial charge in [-0.15, -0.1) is 0 Å². The molecule has 3 aromatic rings. The minimum Gasteiger partial charge on any atom is -0.337 e. The highest BCUT2D eigenvalue weighted by molar-refractivity contribution is 5.92. The zero-order chi connectivity index (χ0) is 17.1. The second kappa shape index (κ2) is 6.71. The van der Waals surface area contributed by atoms with Gasteiger partial charge in [0.25, 0.3) is 5.91 Å². The first-order valence-corrected chi connectivity index (χ1v) is 8.00. The van der Waals surface area contributed by atoms with Crippen molar-refractivity contribution in [2.24, 2.45) is 0 Å². The zero-order valence-electron chi connectivity index (χ0n) is 13.3. The average molecular weight is 337 g/mol. The molecule has 0 N–H and O–H groups in total. The lowest BCUT2D eigenvalue weighted by Gasteiger charge is -2.33. The van der Waals surface area contributed by atoms with Crippen molar-refractivity contribution in [1.82, 2.24) is 35.0 Å². The van der Waals surface area contributed by atoms with E-state index < -0.39 is 0 Å². The maximum atomic E-state index is 12.8. The fourth-order valence-electron chi connectivity index (χ4n) is 2.88. The van der Waals surface area contributed by atoms with Crippen molar-refractivity contribution in [2.75, 3.05) is 6.54 Å². The smallest absolute Gasteiger partial charge is 0.274 e. The predicted molar refractivity (Wildman–Crippen MR) is 85.0 cm³/mol. The van der Waals surface area contributed by atoms with Gasteiger partial charge in [0.15, 0.2) is 0 Å². The molecule has 0 aromatic carbocycles. The van der Waals surface area contributed by atoms with E-state index in [4.69, 9.17) is 4.52 Å². The number of rotatable bonds is 3. The number of hydrogen-bond donors (Lipinski definition) is 0. The van der Waals surface area contributed by atoms with Gasteiger partial charge in [-0.1, -0.05) is 5.16 Å². The molecule has 0 spiro atoms. The molecule has 3 aromatic heterocycles. The van der Waals surface area contributed by atoms with E-state index in [1.807, 2.05) is 0 Å². The van der Waals surface area contributed by atoms with Crippen molar-refractivity contribution in [2.45, 2.75) is 25.3 Å². The lowest BCUT2D eigenvalue weighted by Crippen LogP contribution is -2.39. The first kappa shape index (κ1) is 15.3. The number of likely N-dealkylation sites (tertiary alicyclic amines) is 1. The van der Waals surface area contributed by atoms with Crippen LogP contribution in [0.2, 0.25) is 0 Å². The fraction of sp³-hybridized carbons (Fsp3) is 0.312. The van der Waals surface area contributed by atoms with Crippen molar-refractivity contribution in [3.8, 4) is 11.5 Å². The minimum absolute atomic E-state index is 0.183. The first-order valence-electron chi connectivity index (χ1n) is 8.00.